The lowest BCUT2D eigenvalue weighted by molar-refractivity contribution is 0.0686. The minimum atomic E-state index is -0.922. The SMILES string of the molecule is CCn1ccc(-c2cccc(N)c2)c1C(=O)O. The molecule has 0 bridgehead atoms. The first-order valence-corrected chi connectivity index (χ1v) is 5.41. The number of aryl methyl sites for hydroxylation is 1. The molecule has 2 rings (SSSR count). The maximum Gasteiger partial charge on any atom is 0.353 e. The number of nitrogens with zero attached hydrogens (tertiary/aromatic N) is 1. The number of hydrogen-bond acceptors (Lipinski definition) is 2. The molecule has 0 unspecified atom stereocenters. The third-order valence-electron chi connectivity index (χ3n) is 2.70. The zero-order valence-corrected chi connectivity index (χ0v) is 9.55. The highest BCUT2D eigenvalue weighted by Gasteiger charge is 2.16. The van der Waals surface area contributed by atoms with Gasteiger partial charge in [-0.2, -0.15) is 0 Å². The Labute approximate surface area is 99.3 Å². The van der Waals surface area contributed by atoms with Crippen molar-refractivity contribution in [3.8, 4) is 11.1 Å². The van der Waals surface area contributed by atoms with Crippen molar-refractivity contribution in [1.29, 1.82) is 0 Å². The van der Waals surface area contributed by atoms with Gasteiger partial charge in [-0.05, 0) is 30.7 Å². The van der Waals surface area contributed by atoms with Gasteiger partial charge < -0.3 is 15.4 Å². The smallest absolute Gasteiger partial charge is 0.353 e. The summed E-state index contributed by atoms with van der Waals surface area (Å²) in [6.07, 6.45) is 1.78. The molecule has 0 radical (unpaired) electrons. The fourth-order valence-corrected chi connectivity index (χ4v) is 1.91. The lowest BCUT2D eigenvalue weighted by atomic mass is 10.1. The minimum Gasteiger partial charge on any atom is -0.477 e. The van der Waals surface area contributed by atoms with Crippen molar-refractivity contribution in [2.45, 2.75) is 13.5 Å². The molecule has 0 atom stereocenters. The van der Waals surface area contributed by atoms with Crippen LogP contribution < -0.4 is 5.73 Å². The highest BCUT2D eigenvalue weighted by Crippen LogP contribution is 2.26. The van der Waals surface area contributed by atoms with Crippen molar-refractivity contribution in [1.82, 2.24) is 4.57 Å². The van der Waals surface area contributed by atoms with Gasteiger partial charge in [0, 0.05) is 24.0 Å². The normalized spacial score (nSPS) is 10.4. The van der Waals surface area contributed by atoms with Gasteiger partial charge in [0.15, 0.2) is 0 Å². The Hall–Kier alpha value is -2.23. The molecular weight excluding hydrogens is 216 g/mol. The van der Waals surface area contributed by atoms with Crippen LogP contribution in [0.2, 0.25) is 0 Å². The molecule has 0 aliphatic heterocycles. The van der Waals surface area contributed by atoms with Crippen molar-refractivity contribution in [2.24, 2.45) is 0 Å². The number of hydrogen-bond donors (Lipinski definition) is 2. The maximum atomic E-state index is 11.3. The summed E-state index contributed by atoms with van der Waals surface area (Å²) in [5, 5.41) is 9.25. The summed E-state index contributed by atoms with van der Waals surface area (Å²) < 4.78 is 1.71. The van der Waals surface area contributed by atoms with Crippen molar-refractivity contribution < 1.29 is 9.90 Å². The van der Waals surface area contributed by atoms with Gasteiger partial charge in [0.2, 0.25) is 0 Å². The van der Waals surface area contributed by atoms with E-state index in [-0.39, 0.29) is 0 Å². The molecule has 0 aliphatic carbocycles. The average Bonchev–Trinajstić information content (AvgIpc) is 2.72. The molecule has 0 saturated heterocycles. The molecule has 17 heavy (non-hydrogen) atoms. The first kappa shape index (κ1) is 11.3. The number of aromatic nitrogens is 1. The number of rotatable bonds is 3. The Morgan fingerprint density at radius 2 is 2.18 bits per heavy atom. The van der Waals surface area contributed by atoms with E-state index in [1.807, 2.05) is 25.1 Å². The molecule has 0 spiro atoms. The molecule has 88 valence electrons. The van der Waals surface area contributed by atoms with Gasteiger partial charge in [-0.25, -0.2) is 4.79 Å². The maximum absolute atomic E-state index is 11.3. The number of nitrogen functional groups attached to an aromatic ring is 1. The molecule has 4 nitrogen and oxygen atoms in total. The second-order valence-electron chi connectivity index (χ2n) is 3.79. The molecule has 0 fully saturated rings. The standard InChI is InChI=1S/C13H14N2O2/c1-2-15-7-6-11(12(15)13(16)17)9-4-3-5-10(14)8-9/h3-8H,2,14H2,1H3,(H,16,17). The van der Waals surface area contributed by atoms with Crippen LogP contribution in [0, 0.1) is 0 Å². The summed E-state index contributed by atoms with van der Waals surface area (Å²) in [5.74, 6) is -0.922. The van der Waals surface area contributed by atoms with Gasteiger partial charge in [-0.3, -0.25) is 0 Å². The van der Waals surface area contributed by atoms with Gasteiger partial charge in [0.25, 0.3) is 0 Å². The Balaban J connectivity index is 2.60. The monoisotopic (exact) mass is 230 g/mol. The van der Waals surface area contributed by atoms with E-state index in [0.29, 0.717) is 23.5 Å². The molecule has 0 amide bonds. The molecule has 0 aliphatic rings. The third kappa shape index (κ3) is 2.01. The predicted molar refractivity (Wildman–Crippen MR) is 66.9 cm³/mol. The van der Waals surface area contributed by atoms with Crippen LogP contribution in [-0.4, -0.2) is 15.6 Å². The topological polar surface area (TPSA) is 68.2 Å². The van der Waals surface area contributed by atoms with Crippen molar-refractivity contribution in [3.63, 3.8) is 0 Å². The highest BCUT2D eigenvalue weighted by molar-refractivity contribution is 5.95. The zero-order valence-electron chi connectivity index (χ0n) is 9.55. The van der Waals surface area contributed by atoms with Crippen LogP contribution in [-0.2, 0) is 6.54 Å². The zero-order chi connectivity index (χ0) is 12.4. The van der Waals surface area contributed by atoms with E-state index in [9.17, 15) is 9.90 Å². The summed E-state index contributed by atoms with van der Waals surface area (Å²) in [6.45, 7) is 2.54. The summed E-state index contributed by atoms with van der Waals surface area (Å²) in [6, 6.07) is 9.04. The summed E-state index contributed by atoms with van der Waals surface area (Å²) in [7, 11) is 0. The molecular formula is C13H14N2O2. The predicted octanol–water partition coefficient (Wildman–Crippen LogP) is 2.46. The molecule has 4 heteroatoms. The van der Waals surface area contributed by atoms with E-state index >= 15 is 0 Å². The number of aromatic carboxylic acids is 1. The number of carbonyl (C=O) groups is 1. The molecule has 1 aromatic carbocycles. The van der Waals surface area contributed by atoms with Crippen LogP contribution >= 0.6 is 0 Å². The van der Waals surface area contributed by atoms with Gasteiger partial charge >= 0.3 is 5.97 Å². The summed E-state index contributed by atoms with van der Waals surface area (Å²) in [4.78, 5) is 11.3. The summed E-state index contributed by atoms with van der Waals surface area (Å²) in [5.41, 5.74) is 8.17. The average molecular weight is 230 g/mol. The Kier molecular flexibility index (Phi) is 2.87. The fourth-order valence-electron chi connectivity index (χ4n) is 1.91. The second-order valence-corrected chi connectivity index (χ2v) is 3.79. The fraction of sp³-hybridized carbons (Fsp3) is 0.154. The van der Waals surface area contributed by atoms with E-state index in [1.165, 1.54) is 0 Å². The van der Waals surface area contributed by atoms with Crippen LogP contribution in [0.15, 0.2) is 36.5 Å². The lowest BCUT2D eigenvalue weighted by Crippen LogP contribution is -2.07. The molecule has 2 aromatic rings. The van der Waals surface area contributed by atoms with Gasteiger partial charge in [-0.1, -0.05) is 12.1 Å². The first-order chi connectivity index (χ1) is 8.13. The number of carboxylic acids is 1. The summed E-state index contributed by atoms with van der Waals surface area (Å²) >= 11 is 0. The van der Waals surface area contributed by atoms with Crippen molar-refractivity contribution in [3.05, 3.63) is 42.2 Å². The van der Waals surface area contributed by atoms with E-state index in [1.54, 1.807) is 22.9 Å². The number of anilines is 1. The van der Waals surface area contributed by atoms with Gasteiger partial charge in [0.05, 0.1) is 0 Å². The van der Waals surface area contributed by atoms with Crippen molar-refractivity contribution >= 4 is 11.7 Å². The van der Waals surface area contributed by atoms with E-state index in [2.05, 4.69) is 0 Å². The number of carboxylic acid groups (broad SMARTS) is 1. The first-order valence-electron chi connectivity index (χ1n) is 5.41. The van der Waals surface area contributed by atoms with E-state index < -0.39 is 5.97 Å². The second kappa shape index (κ2) is 4.33. The Morgan fingerprint density at radius 1 is 1.41 bits per heavy atom. The van der Waals surface area contributed by atoms with Crippen LogP contribution in [0.3, 0.4) is 0 Å². The largest absolute Gasteiger partial charge is 0.477 e. The lowest BCUT2D eigenvalue weighted by Gasteiger charge is -2.06. The molecule has 0 saturated carbocycles. The highest BCUT2D eigenvalue weighted by atomic mass is 16.4. The van der Waals surface area contributed by atoms with E-state index in [0.717, 1.165) is 5.56 Å². The van der Waals surface area contributed by atoms with Crippen LogP contribution in [0.1, 0.15) is 17.4 Å². The number of nitrogens with two attached hydrogens (primary N) is 1. The Morgan fingerprint density at radius 3 is 2.76 bits per heavy atom. The van der Waals surface area contributed by atoms with Crippen molar-refractivity contribution in [2.75, 3.05) is 5.73 Å². The van der Waals surface area contributed by atoms with Crippen LogP contribution in [0.4, 0.5) is 5.69 Å². The van der Waals surface area contributed by atoms with Gasteiger partial charge in [0.1, 0.15) is 5.69 Å². The quantitative estimate of drug-likeness (QED) is 0.796. The van der Waals surface area contributed by atoms with Crippen LogP contribution in [0.5, 0.6) is 0 Å². The molecule has 3 N–H and O–H groups in total. The molecule has 1 heterocycles. The van der Waals surface area contributed by atoms with E-state index in [4.69, 9.17) is 5.73 Å². The number of benzene rings is 1. The van der Waals surface area contributed by atoms with Gasteiger partial charge in [-0.15, -0.1) is 0 Å². The van der Waals surface area contributed by atoms with Crippen LogP contribution in [0.25, 0.3) is 11.1 Å². The minimum absolute atomic E-state index is 0.304. The molecule has 1 aromatic heterocycles. The third-order valence-corrected chi connectivity index (χ3v) is 2.70. The Bertz CT molecular complexity index is 558.